The average molecular weight is 408 g/mol. The van der Waals surface area contributed by atoms with Gasteiger partial charge in [-0.2, -0.15) is 5.26 Å². The van der Waals surface area contributed by atoms with Crippen molar-refractivity contribution in [3.05, 3.63) is 69.2 Å². The Kier molecular flexibility index (Phi) is 6.06. The lowest BCUT2D eigenvalue weighted by Gasteiger charge is -2.08. The number of benzene rings is 2. The molecule has 0 saturated heterocycles. The van der Waals surface area contributed by atoms with Crippen LogP contribution in [0.5, 0.6) is 11.5 Å². The van der Waals surface area contributed by atoms with Crippen molar-refractivity contribution in [1.29, 1.82) is 5.26 Å². The smallest absolute Gasteiger partial charge is 0.271 e. The summed E-state index contributed by atoms with van der Waals surface area (Å²) in [5.74, 6) is 1.20. The number of ether oxygens (including phenoxy) is 2. The number of nitriles is 1. The molecule has 0 aliphatic carbocycles. The molecule has 3 rings (SSSR count). The van der Waals surface area contributed by atoms with Gasteiger partial charge >= 0.3 is 0 Å². The Morgan fingerprint density at radius 1 is 1.24 bits per heavy atom. The molecule has 0 saturated carbocycles. The Balaban J connectivity index is 1.84. The molecule has 0 aliphatic rings. The Hall–Kier alpha value is -3.90. The normalized spacial score (nSPS) is 10.9. The number of hydrogen-bond acceptors (Lipinski definition) is 8. The van der Waals surface area contributed by atoms with E-state index >= 15 is 0 Å². The zero-order valence-corrected chi connectivity index (χ0v) is 16.4. The first-order valence-corrected chi connectivity index (χ1v) is 9.23. The maximum absolute atomic E-state index is 10.9. The van der Waals surface area contributed by atoms with Gasteiger partial charge in [-0.05, 0) is 24.3 Å². The van der Waals surface area contributed by atoms with Crippen LogP contribution in [0.2, 0.25) is 0 Å². The zero-order chi connectivity index (χ0) is 20.8. The molecular weight excluding hydrogens is 392 g/mol. The number of hydrogen-bond donors (Lipinski definition) is 1. The molecule has 146 valence electrons. The summed E-state index contributed by atoms with van der Waals surface area (Å²) < 4.78 is 10.6. The zero-order valence-electron chi connectivity index (χ0n) is 15.6. The van der Waals surface area contributed by atoms with E-state index in [-0.39, 0.29) is 5.69 Å². The van der Waals surface area contributed by atoms with Crippen molar-refractivity contribution in [3.63, 3.8) is 0 Å². The highest BCUT2D eigenvalue weighted by Gasteiger charge is 2.12. The van der Waals surface area contributed by atoms with Crippen LogP contribution in [0, 0.1) is 21.4 Å². The van der Waals surface area contributed by atoms with Crippen LogP contribution in [0.1, 0.15) is 5.01 Å². The predicted octanol–water partition coefficient (Wildman–Crippen LogP) is 4.71. The topological polar surface area (TPSA) is 110 Å². The number of allylic oxidation sites excluding steroid dienone is 1. The van der Waals surface area contributed by atoms with Gasteiger partial charge in [-0.15, -0.1) is 11.3 Å². The standard InChI is InChI=1S/C20H16N4O4S/c1-27-18-7-6-13(8-19(18)28-2)17-12-29-20(23-17)14(10-21)11-22-15-4-3-5-16(9-15)24(25)26/h3-9,11-12,22H,1-2H3. The molecular formula is C20H16N4O4S. The molecule has 0 fully saturated rings. The van der Waals surface area contributed by atoms with Crippen LogP contribution >= 0.6 is 11.3 Å². The lowest BCUT2D eigenvalue weighted by molar-refractivity contribution is -0.384. The van der Waals surface area contributed by atoms with Crippen molar-refractivity contribution in [2.24, 2.45) is 0 Å². The van der Waals surface area contributed by atoms with Crippen LogP contribution in [0.3, 0.4) is 0 Å². The number of nitro benzene ring substituents is 1. The van der Waals surface area contributed by atoms with Gasteiger partial charge in [-0.3, -0.25) is 10.1 Å². The van der Waals surface area contributed by atoms with Gasteiger partial charge in [0.25, 0.3) is 5.69 Å². The monoisotopic (exact) mass is 408 g/mol. The molecule has 0 amide bonds. The van der Waals surface area contributed by atoms with Gasteiger partial charge in [0.05, 0.1) is 24.8 Å². The number of thiazole rings is 1. The second kappa shape index (κ2) is 8.86. The number of methoxy groups -OCH3 is 2. The van der Waals surface area contributed by atoms with Gasteiger partial charge in [-0.25, -0.2) is 4.98 Å². The summed E-state index contributed by atoms with van der Waals surface area (Å²) in [6.45, 7) is 0. The minimum Gasteiger partial charge on any atom is -0.493 e. The fourth-order valence-corrected chi connectivity index (χ4v) is 3.33. The molecule has 0 spiro atoms. The number of nitro groups is 1. The fourth-order valence-electron chi connectivity index (χ4n) is 2.53. The van der Waals surface area contributed by atoms with Crippen LogP contribution in [0.4, 0.5) is 11.4 Å². The maximum Gasteiger partial charge on any atom is 0.271 e. The first kappa shape index (κ1) is 19.9. The summed E-state index contributed by atoms with van der Waals surface area (Å²) in [6.07, 6.45) is 1.48. The maximum atomic E-state index is 10.9. The van der Waals surface area contributed by atoms with Gasteiger partial charge in [-0.1, -0.05) is 6.07 Å². The Morgan fingerprint density at radius 3 is 2.72 bits per heavy atom. The molecule has 29 heavy (non-hydrogen) atoms. The first-order valence-electron chi connectivity index (χ1n) is 8.35. The molecule has 0 aliphatic heterocycles. The summed E-state index contributed by atoms with van der Waals surface area (Å²) in [4.78, 5) is 14.9. The average Bonchev–Trinajstić information content (AvgIpc) is 3.24. The highest BCUT2D eigenvalue weighted by molar-refractivity contribution is 7.11. The Labute approximate surface area is 170 Å². The number of aromatic nitrogens is 1. The van der Waals surface area contributed by atoms with E-state index in [1.54, 1.807) is 32.4 Å². The minimum atomic E-state index is -0.476. The van der Waals surface area contributed by atoms with Gasteiger partial charge in [0.2, 0.25) is 0 Å². The van der Waals surface area contributed by atoms with E-state index in [4.69, 9.17) is 9.47 Å². The minimum absolute atomic E-state index is 0.0353. The second-order valence-corrected chi connectivity index (χ2v) is 6.59. The molecule has 0 atom stereocenters. The third kappa shape index (κ3) is 4.51. The van der Waals surface area contributed by atoms with Crippen molar-refractivity contribution in [2.45, 2.75) is 0 Å². The van der Waals surface area contributed by atoms with E-state index in [1.807, 2.05) is 17.5 Å². The van der Waals surface area contributed by atoms with E-state index in [1.165, 1.54) is 29.7 Å². The molecule has 0 radical (unpaired) electrons. The van der Waals surface area contributed by atoms with Crippen LogP contribution in [-0.4, -0.2) is 24.1 Å². The van der Waals surface area contributed by atoms with Gasteiger partial charge < -0.3 is 14.8 Å². The summed E-state index contributed by atoms with van der Waals surface area (Å²) in [6, 6.07) is 13.6. The predicted molar refractivity (Wildman–Crippen MR) is 111 cm³/mol. The van der Waals surface area contributed by atoms with Crippen molar-refractivity contribution < 1.29 is 14.4 Å². The van der Waals surface area contributed by atoms with Gasteiger partial charge in [0.15, 0.2) is 11.5 Å². The number of non-ortho nitro benzene ring substituents is 1. The first-order chi connectivity index (χ1) is 14.0. The molecule has 1 heterocycles. The van der Waals surface area contributed by atoms with E-state index in [0.717, 1.165) is 5.56 Å². The van der Waals surface area contributed by atoms with E-state index in [9.17, 15) is 15.4 Å². The fraction of sp³-hybridized carbons (Fsp3) is 0.100. The highest BCUT2D eigenvalue weighted by Crippen LogP contribution is 2.33. The van der Waals surface area contributed by atoms with Crippen molar-refractivity contribution in [2.75, 3.05) is 19.5 Å². The highest BCUT2D eigenvalue weighted by atomic mass is 32.1. The third-order valence-corrected chi connectivity index (χ3v) is 4.85. The van der Waals surface area contributed by atoms with E-state index in [2.05, 4.69) is 16.4 Å². The van der Waals surface area contributed by atoms with Crippen molar-refractivity contribution in [1.82, 2.24) is 4.98 Å². The second-order valence-electron chi connectivity index (χ2n) is 5.73. The lowest BCUT2D eigenvalue weighted by atomic mass is 10.1. The summed E-state index contributed by atoms with van der Waals surface area (Å²) >= 11 is 1.32. The van der Waals surface area contributed by atoms with E-state index < -0.39 is 4.92 Å². The molecule has 9 heteroatoms. The van der Waals surface area contributed by atoms with Crippen LogP contribution in [-0.2, 0) is 0 Å². The third-order valence-electron chi connectivity index (χ3n) is 3.97. The summed E-state index contributed by atoms with van der Waals surface area (Å²) in [7, 11) is 3.13. The Morgan fingerprint density at radius 2 is 2.03 bits per heavy atom. The van der Waals surface area contributed by atoms with Crippen LogP contribution in [0.15, 0.2) is 54.0 Å². The summed E-state index contributed by atoms with van der Waals surface area (Å²) in [5, 5.41) is 25.7. The van der Waals surface area contributed by atoms with Crippen molar-refractivity contribution >= 4 is 28.3 Å². The largest absolute Gasteiger partial charge is 0.493 e. The van der Waals surface area contributed by atoms with Crippen LogP contribution < -0.4 is 14.8 Å². The molecule has 2 aromatic carbocycles. The van der Waals surface area contributed by atoms with Gasteiger partial charge in [0.1, 0.15) is 16.6 Å². The number of anilines is 1. The molecule has 1 N–H and O–H groups in total. The van der Waals surface area contributed by atoms with Crippen molar-refractivity contribution in [3.8, 4) is 28.8 Å². The number of nitrogens with one attached hydrogen (secondary N) is 1. The molecule has 0 bridgehead atoms. The number of nitrogens with zero attached hydrogens (tertiary/aromatic N) is 3. The molecule has 8 nitrogen and oxygen atoms in total. The summed E-state index contributed by atoms with van der Waals surface area (Å²) in [5.41, 5.74) is 2.31. The quantitative estimate of drug-likeness (QED) is 0.342. The van der Waals surface area contributed by atoms with E-state index in [0.29, 0.717) is 33.5 Å². The number of rotatable bonds is 7. The molecule has 0 unspecified atom stereocenters. The molecule has 3 aromatic rings. The lowest BCUT2D eigenvalue weighted by Crippen LogP contribution is -1.93. The van der Waals surface area contributed by atoms with Gasteiger partial charge in [0, 0.05) is 35.0 Å². The van der Waals surface area contributed by atoms with Crippen LogP contribution in [0.25, 0.3) is 16.8 Å². The molecule has 1 aromatic heterocycles. The Bertz CT molecular complexity index is 1120. The SMILES string of the molecule is COc1ccc(-c2csc(C(C#N)=CNc3cccc([N+](=O)[O-])c3)n2)cc1OC.